The highest BCUT2D eigenvalue weighted by atomic mass is 32.1. The predicted octanol–water partition coefficient (Wildman–Crippen LogP) is 6.44. The summed E-state index contributed by atoms with van der Waals surface area (Å²) in [5, 5.41) is 5.60. The largest absolute Gasteiger partial charge is 0.490 e. The summed E-state index contributed by atoms with van der Waals surface area (Å²) in [5.41, 5.74) is -0.489. The fraction of sp³-hybridized carbons (Fsp3) is 0.440. The molecule has 1 aliphatic heterocycles. The van der Waals surface area contributed by atoms with Crippen molar-refractivity contribution in [2.24, 2.45) is 5.92 Å². The lowest BCUT2D eigenvalue weighted by Gasteiger charge is -2.32. The molecule has 0 spiro atoms. The van der Waals surface area contributed by atoms with Crippen LogP contribution in [-0.4, -0.2) is 57.6 Å². The number of anilines is 3. The minimum atomic E-state index is -4.65. The van der Waals surface area contributed by atoms with E-state index in [1.165, 1.54) is 12.1 Å². The first-order valence-electron chi connectivity index (χ1n) is 12.4. The molecule has 8 nitrogen and oxygen atoms in total. The summed E-state index contributed by atoms with van der Waals surface area (Å²) >= 11 is 0.898. The van der Waals surface area contributed by atoms with E-state index < -0.39 is 36.2 Å². The SMILES string of the molecule is Cc1nsc(Nc2cnc(C(F)(F)F)cn2)c1C(=O)Nc1ccc(F)c(OCC2CCN(CCC(F)(F)F)CC2)c1. The molecule has 1 aliphatic rings. The summed E-state index contributed by atoms with van der Waals surface area (Å²) in [5.74, 6) is -1.35. The molecule has 3 aromatic rings. The van der Waals surface area contributed by atoms with Crippen LogP contribution in [0, 0.1) is 18.7 Å². The van der Waals surface area contributed by atoms with Gasteiger partial charge in [0.25, 0.3) is 5.91 Å². The molecular formula is C25H25F7N6O2S. The van der Waals surface area contributed by atoms with Crippen molar-refractivity contribution in [3.63, 3.8) is 0 Å². The number of hydrogen-bond donors (Lipinski definition) is 2. The van der Waals surface area contributed by atoms with Crippen molar-refractivity contribution in [3.8, 4) is 5.75 Å². The van der Waals surface area contributed by atoms with E-state index in [4.69, 9.17) is 4.74 Å². The fourth-order valence-electron chi connectivity index (χ4n) is 4.13. The summed E-state index contributed by atoms with van der Waals surface area (Å²) in [4.78, 5) is 21.8. The van der Waals surface area contributed by atoms with Gasteiger partial charge in [-0.2, -0.15) is 30.7 Å². The Kier molecular flexibility index (Phi) is 9.31. The van der Waals surface area contributed by atoms with Crippen LogP contribution in [0.2, 0.25) is 0 Å². The summed E-state index contributed by atoms with van der Waals surface area (Å²) in [6.45, 7) is 2.66. The van der Waals surface area contributed by atoms with Crippen molar-refractivity contribution in [2.45, 2.75) is 38.5 Å². The number of amides is 1. The second-order valence-corrected chi connectivity index (χ2v) is 10.2. The van der Waals surface area contributed by atoms with E-state index in [2.05, 4.69) is 25.0 Å². The highest BCUT2D eigenvalue weighted by Crippen LogP contribution is 2.31. The molecule has 1 saturated heterocycles. The number of benzene rings is 1. The highest BCUT2D eigenvalue weighted by molar-refractivity contribution is 7.10. The third-order valence-electron chi connectivity index (χ3n) is 6.36. The predicted molar refractivity (Wildman–Crippen MR) is 137 cm³/mol. The van der Waals surface area contributed by atoms with Crippen LogP contribution < -0.4 is 15.4 Å². The molecule has 4 rings (SSSR count). The minimum Gasteiger partial charge on any atom is -0.490 e. The lowest BCUT2D eigenvalue weighted by Crippen LogP contribution is -2.37. The average Bonchev–Trinajstić information content (AvgIpc) is 3.27. The molecule has 1 aromatic carbocycles. The zero-order valence-corrected chi connectivity index (χ0v) is 22.4. The van der Waals surface area contributed by atoms with Crippen molar-refractivity contribution in [1.29, 1.82) is 0 Å². The van der Waals surface area contributed by atoms with E-state index in [9.17, 15) is 35.5 Å². The van der Waals surface area contributed by atoms with Gasteiger partial charge in [-0.15, -0.1) is 0 Å². The van der Waals surface area contributed by atoms with Crippen molar-refractivity contribution in [3.05, 3.63) is 53.4 Å². The molecule has 3 heterocycles. The number of likely N-dealkylation sites (tertiary alicyclic amines) is 1. The van der Waals surface area contributed by atoms with Gasteiger partial charge in [0.05, 0.1) is 36.7 Å². The van der Waals surface area contributed by atoms with Crippen molar-refractivity contribution in [2.75, 3.05) is 36.9 Å². The highest BCUT2D eigenvalue weighted by Gasteiger charge is 2.33. The molecule has 2 aromatic heterocycles. The Morgan fingerprint density at radius 2 is 1.85 bits per heavy atom. The number of hydrogen-bond acceptors (Lipinski definition) is 8. The van der Waals surface area contributed by atoms with E-state index in [1.807, 2.05) is 0 Å². The normalized spacial score (nSPS) is 15.1. The Bertz CT molecular complexity index is 1340. The van der Waals surface area contributed by atoms with Gasteiger partial charge in [-0.05, 0) is 62.4 Å². The fourth-order valence-corrected chi connectivity index (χ4v) is 4.93. The maximum Gasteiger partial charge on any atom is 0.434 e. The van der Waals surface area contributed by atoms with Gasteiger partial charge in [-0.25, -0.2) is 14.4 Å². The van der Waals surface area contributed by atoms with Crippen LogP contribution >= 0.6 is 11.5 Å². The molecule has 0 unspecified atom stereocenters. The van der Waals surface area contributed by atoms with Gasteiger partial charge in [0.1, 0.15) is 10.8 Å². The summed E-state index contributed by atoms with van der Waals surface area (Å²) < 4.78 is 99.8. The topological polar surface area (TPSA) is 92.3 Å². The molecule has 16 heteroatoms. The smallest absolute Gasteiger partial charge is 0.434 e. The zero-order valence-electron chi connectivity index (χ0n) is 21.6. The molecular weight excluding hydrogens is 581 g/mol. The first-order chi connectivity index (χ1) is 19.3. The summed E-state index contributed by atoms with van der Waals surface area (Å²) in [6, 6.07) is 3.78. The molecule has 2 N–H and O–H groups in total. The van der Waals surface area contributed by atoms with Crippen LogP contribution in [0.1, 0.15) is 41.0 Å². The lowest BCUT2D eigenvalue weighted by atomic mass is 9.97. The van der Waals surface area contributed by atoms with Gasteiger partial charge in [0, 0.05) is 18.3 Å². The van der Waals surface area contributed by atoms with Gasteiger partial charge in [0.15, 0.2) is 17.3 Å². The number of rotatable bonds is 9. The van der Waals surface area contributed by atoms with Crippen LogP contribution in [0.4, 0.5) is 47.2 Å². The molecule has 1 fully saturated rings. The van der Waals surface area contributed by atoms with Crippen LogP contribution in [0.25, 0.3) is 0 Å². The molecule has 0 aliphatic carbocycles. The van der Waals surface area contributed by atoms with E-state index in [-0.39, 0.29) is 46.9 Å². The molecule has 41 heavy (non-hydrogen) atoms. The van der Waals surface area contributed by atoms with Crippen LogP contribution in [0.3, 0.4) is 0 Å². The number of carbonyl (C=O) groups excluding carboxylic acids is 1. The number of aryl methyl sites for hydroxylation is 1. The summed E-state index contributed by atoms with van der Waals surface area (Å²) in [6.07, 6.45) is -7.04. The van der Waals surface area contributed by atoms with Gasteiger partial charge in [0.2, 0.25) is 0 Å². The van der Waals surface area contributed by atoms with Crippen molar-refractivity contribution >= 4 is 33.9 Å². The number of ether oxygens (including phenoxy) is 1. The molecule has 0 bridgehead atoms. The molecule has 0 saturated carbocycles. The first kappa shape index (κ1) is 30.4. The van der Waals surface area contributed by atoms with Gasteiger partial charge in [-0.1, -0.05) is 0 Å². The van der Waals surface area contributed by atoms with Crippen LogP contribution in [-0.2, 0) is 6.18 Å². The molecule has 0 atom stereocenters. The number of aromatic nitrogens is 3. The standard InChI is InChI=1S/C25H25F7N6O2S/c1-14-21(23(41-37-14)36-20-12-33-19(11-34-20)25(30,31)32)22(39)35-16-2-3-17(26)18(10-16)40-13-15-4-7-38(8-5-15)9-6-24(27,28)29/h2-3,10-12,15H,4-9,13H2,1H3,(H,34,36)(H,35,39). The maximum absolute atomic E-state index is 14.4. The Hall–Kier alpha value is -3.53. The Balaban J connectivity index is 1.35. The maximum atomic E-state index is 14.4. The summed E-state index contributed by atoms with van der Waals surface area (Å²) in [7, 11) is 0. The molecule has 0 radical (unpaired) electrons. The van der Waals surface area contributed by atoms with E-state index >= 15 is 0 Å². The van der Waals surface area contributed by atoms with E-state index in [0.29, 0.717) is 37.8 Å². The lowest BCUT2D eigenvalue weighted by molar-refractivity contribution is -0.141. The van der Waals surface area contributed by atoms with Gasteiger partial charge < -0.3 is 20.3 Å². The Labute approximate surface area is 234 Å². The quantitative estimate of drug-likeness (QED) is 0.271. The van der Waals surface area contributed by atoms with Crippen LogP contribution in [0.5, 0.6) is 5.75 Å². The third kappa shape index (κ3) is 8.48. The van der Waals surface area contributed by atoms with E-state index in [0.717, 1.165) is 23.8 Å². The molecule has 1 amide bonds. The number of nitrogens with zero attached hydrogens (tertiary/aromatic N) is 4. The number of nitrogens with one attached hydrogen (secondary N) is 2. The minimum absolute atomic E-state index is 0.0284. The number of halogens is 7. The second kappa shape index (κ2) is 12.5. The Morgan fingerprint density at radius 1 is 1.12 bits per heavy atom. The monoisotopic (exact) mass is 606 g/mol. The zero-order chi connectivity index (χ0) is 29.8. The van der Waals surface area contributed by atoms with Crippen molar-refractivity contribution in [1.82, 2.24) is 19.2 Å². The Morgan fingerprint density at radius 3 is 2.49 bits per heavy atom. The van der Waals surface area contributed by atoms with E-state index in [1.54, 1.807) is 11.8 Å². The second-order valence-electron chi connectivity index (χ2n) is 9.44. The first-order valence-corrected chi connectivity index (χ1v) is 13.2. The van der Waals surface area contributed by atoms with Crippen molar-refractivity contribution < 1.29 is 40.3 Å². The van der Waals surface area contributed by atoms with Crippen LogP contribution in [0.15, 0.2) is 30.6 Å². The average molecular weight is 607 g/mol. The third-order valence-corrected chi connectivity index (χ3v) is 7.21. The number of alkyl halides is 6. The number of piperidine rings is 1. The molecule has 222 valence electrons. The van der Waals surface area contributed by atoms with Gasteiger partial charge in [-0.3, -0.25) is 4.79 Å². The van der Waals surface area contributed by atoms with Gasteiger partial charge >= 0.3 is 12.4 Å². The number of carbonyl (C=O) groups is 1.